The monoisotopic (exact) mass is 206 g/mol. The largest absolute Gasteiger partial charge is 0.307 e. The Morgan fingerprint density at radius 3 is 2.75 bits per heavy atom. The van der Waals surface area contributed by atoms with E-state index in [9.17, 15) is 0 Å². The Morgan fingerprint density at radius 2 is 2.08 bits per heavy atom. The van der Waals surface area contributed by atoms with E-state index in [4.69, 9.17) is 5.26 Å². The number of aromatic nitrogens is 2. The molecule has 0 saturated heterocycles. The molecule has 1 aliphatic rings. The van der Waals surface area contributed by atoms with Gasteiger partial charge in [-0.3, -0.25) is 5.10 Å². The van der Waals surface area contributed by atoms with Crippen LogP contribution in [0.4, 0.5) is 0 Å². The second-order valence-electron chi connectivity index (χ2n) is 2.24. The third kappa shape index (κ3) is 1.53. The van der Waals surface area contributed by atoms with Gasteiger partial charge in [-0.1, -0.05) is 0 Å². The zero-order chi connectivity index (χ0) is 6.97. The summed E-state index contributed by atoms with van der Waals surface area (Å²) in [7, 11) is 0. The summed E-state index contributed by atoms with van der Waals surface area (Å²) in [6.07, 6.45) is 0. The van der Waals surface area contributed by atoms with E-state index in [1.807, 2.05) is 6.07 Å². The molecule has 0 aromatic carbocycles. The van der Waals surface area contributed by atoms with Crippen LogP contribution in [0.1, 0.15) is 17.0 Å². The topological polar surface area (TPSA) is 64.5 Å². The summed E-state index contributed by atoms with van der Waals surface area (Å²) < 4.78 is 0. The van der Waals surface area contributed by atoms with Gasteiger partial charge in [-0.05, 0) is 0 Å². The van der Waals surface area contributed by atoms with Gasteiger partial charge in [0.05, 0.1) is 5.69 Å². The lowest BCUT2D eigenvalue weighted by molar-refractivity contribution is 0.740. The molecule has 2 N–H and O–H groups in total. The summed E-state index contributed by atoms with van der Waals surface area (Å²) in [6.45, 7) is 1.58. The highest BCUT2D eigenvalue weighted by Crippen LogP contribution is 2.14. The highest BCUT2D eigenvalue weighted by atomic mass is 35.5. The Morgan fingerprint density at radius 1 is 1.33 bits per heavy atom. The van der Waals surface area contributed by atoms with Crippen LogP contribution in [0.15, 0.2) is 0 Å². The number of rotatable bonds is 0. The Labute approximate surface area is 82.2 Å². The van der Waals surface area contributed by atoms with Gasteiger partial charge in [0.15, 0.2) is 5.69 Å². The molecule has 0 radical (unpaired) electrons. The van der Waals surface area contributed by atoms with Crippen LogP contribution in [0.25, 0.3) is 0 Å². The van der Waals surface area contributed by atoms with Crippen molar-refractivity contribution in [2.24, 2.45) is 0 Å². The molecular formula is C6H8Cl2N4. The first-order valence-electron chi connectivity index (χ1n) is 3.09. The van der Waals surface area contributed by atoms with Crippen molar-refractivity contribution in [1.29, 1.82) is 5.26 Å². The van der Waals surface area contributed by atoms with Gasteiger partial charge < -0.3 is 5.32 Å². The van der Waals surface area contributed by atoms with Crippen molar-refractivity contribution in [2.75, 3.05) is 0 Å². The van der Waals surface area contributed by atoms with Crippen LogP contribution < -0.4 is 5.32 Å². The summed E-state index contributed by atoms with van der Waals surface area (Å²) in [4.78, 5) is 0. The molecular weight excluding hydrogens is 199 g/mol. The molecule has 0 atom stereocenters. The van der Waals surface area contributed by atoms with Crippen molar-refractivity contribution >= 4 is 24.8 Å². The molecule has 0 spiro atoms. The van der Waals surface area contributed by atoms with Crippen molar-refractivity contribution in [2.45, 2.75) is 13.1 Å². The van der Waals surface area contributed by atoms with Crippen LogP contribution in [0.5, 0.6) is 0 Å². The predicted octanol–water partition coefficient (Wildman–Crippen LogP) is 0.728. The molecule has 0 amide bonds. The van der Waals surface area contributed by atoms with Gasteiger partial charge in [-0.25, -0.2) is 0 Å². The minimum atomic E-state index is 0. The zero-order valence-corrected chi connectivity index (χ0v) is 7.76. The number of hydrogen-bond acceptors (Lipinski definition) is 3. The molecule has 4 nitrogen and oxygen atoms in total. The lowest BCUT2D eigenvalue weighted by Gasteiger charge is -1.84. The van der Waals surface area contributed by atoms with Crippen LogP contribution in [-0.2, 0) is 13.1 Å². The molecule has 12 heavy (non-hydrogen) atoms. The van der Waals surface area contributed by atoms with Gasteiger partial charge in [0.25, 0.3) is 0 Å². The fourth-order valence-corrected chi connectivity index (χ4v) is 1.14. The van der Waals surface area contributed by atoms with E-state index >= 15 is 0 Å². The molecule has 0 bridgehead atoms. The Balaban J connectivity index is 0.000000605. The van der Waals surface area contributed by atoms with Crippen LogP contribution in [0.2, 0.25) is 0 Å². The fourth-order valence-electron chi connectivity index (χ4n) is 1.14. The molecule has 1 aromatic heterocycles. The minimum absolute atomic E-state index is 0. The Bertz CT molecular complexity index is 301. The molecule has 0 aliphatic carbocycles. The molecule has 2 rings (SSSR count). The van der Waals surface area contributed by atoms with Crippen molar-refractivity contribution in [3.05, 3.63) is 17.0 Å². The first-order valence-corrected chi connectivity index (χ1v) is 3.09. The van der Waals surface area contributed by atoms with Gasteiger partial charge in [0, 0.05) is 18.7 Å². The molecule has 66 valence electrons. The average molecular weight is 207 g/mol. The second kappa shape index (κ2) is 4.31. The molecule has 6 heteroatoms. The van der Waals surface area contributed by atoms with E-state index in [1.165, 1.54) is 0 Å². The van der Waals surface area contributed by atoms with Gasteiger partial charge >= 0.3 is 0 Å². The van der Waals surface area contributed by atoms with E-state index in [-0.39, 0.29) is 24.8 Å². The van der Waals surface area contributed by atoms with Crippen LogP contribution >= 0.6 is 24.8 Å². The van der Waals surface area contributed by atoms with Gasteiger partial charge in [-0.15, -0.1) is 24.8 Å². The Hall–Kier alpha value is -0.760. The number of halogens is 2. The zero-order valence-electron chi connectivity index (χ0n) is 6.13. The number of fused-ring (bicyclic) bond motifs is 1. The van der Waals surface area contributed by atoms with E-state index in [2.05, 4.69) is 15.5 Å². The molecule has 0 unspecified atom stereocenters. The molecule has 1 aromatic rings. The third-order valence-electron chi connectivity index (χ3n) is 1.66. The van der Waals surface area contributed by atoms with E-state index in [1.54, 1.807) is 0 Å². The van der Waals surface area contributed by atoms with Gasteiger partial charge in [-0.2, -0.15) is 10.4 Å². The van der Waals surface area contributed by atoms with E-state index in [0.717, 1.165) is 24.3 Å². The minimum Gasteiger partial charge on any atom is -0.307 e. The third-order valence-corrected chi connectivity index (χ3v) is 1.66. The number of H-pyrrole nitrogens is 1. The summed E-state index contributed by atoms with van der Waals surface area (Å²) >= 11 is 0. The highest BCUT2D eigenvalue weighted by Gasteiger charge is 2.16. The smallest absolute Gasteiger partial charge is 0.167 e. The quantitative estimate of drug-likeness (QED) is 0.659. The van der Waals surface area contributed by atoms with Crippen molar-refractivity contribution in [1.82, 2.24) is 15.5 Å². The lowest BCUT2D eigenvalue weighted by Crippen LogP contribution is -2.02. The van der Waals surface area contributed by atoms with Crippen LogP contribution in [0, 0.1) is 11.3 Å². The summed E-state index contributed by atoms with van der Waals surface area (Å²) in [6, 6.07) is 2.02. The SMILES string of the molecule is Cl.Cl.N#Cc1n[nH]c2c1CNC2. The summed E-state index contributed by atoms with van der Waals surface area (Å²) in [5.41, 5.74) is 2.61. The van der Waals surface area contributed by atoms with Crippen molar-refractivity contribution in [3.8, 4) is 6.07 Å². The molecule has 0 saturated carbocycles. The molecule has 2 heterocycles. The molecule has 1 aliphatic heterocycles. The van der Waals surface area contributed by atoms with E-state index < -0.39 is 0 Å². The van der Waals surface area contributed by atoms with Gasteiger partial charge in [0.2, 0.25) is 0 Å². The number of nitrogens with one attached hydrogen (secondary N) is 2. The first-order chi connectivity index (χ1) is 4.92. The number of nitriles is 1. The lowest BCUT2D eigenvalue weighted by atomic mass is 10.2. The maximum atomic E-state index is 8.53. The fraction of sp³-hybridized carbons (Fsp3) is 0.333. The normalized spacial score (nSPS) is 12.2. The number of nitrogens with zero attached hydrogens (tertiary/aromatic N) is 2. The van der Waals surface area contributed by atoms with Crippen LogP contribution in [-0.4, -0.2) is 10.2 Å². The summed E-state index contributed by atoms with van der Waals surface area (Å²) in [5, 5.41) is 18.3. The predicted molar refractivity (Wildman–Crippen MR) is 48.3 cm³/mol. The van der Waals surface area contributed by atoms with Gasteiger partial charge in [0.1, 0.15) is 6.07 Å². The first kappa shape index (κ1) is 11.2. The maximum Gasteiger partial charge on any atom is 0.167 e. The number of aromatic amines is 1. The second-order valence-corrected chi connectivity index (χ2v) is 2.24. The number of hydrogen-bond donors (Lipinski definition) is 2. The van der Waals surface area contributed by atoms with Crippen molar-refractivity contribution in [3.63, 3.8) is 0 Å². The maximum absolute atomic E-state index is 8.53. The average Bonchev–Trinajstić information content (AvgIpc) is 2.44. The van der Waals surface area contributed by atoms with E-state index in [0.29, 0.717) is 5.69 Å². The van der Waals surface area contributed by atoms with Crippen molar-refractivity contribution < 1.29 is 0 Å². The standard InChI is InChI=1S/C6H6N4.2ClH/c7-1-5-4-2-8-3-6(4)10-9-5;;/h8H,2-3H2,(H,9,10);2*1H. The van der Waals surface area contributed by atoms with Crippen LogP contribution in [0.3, 0.4) is 0 Å². The summed E-state index contributed by atoms with van der Waals surface area (Å²) in [5.74, 6) is 0. The molecule has 0 fully saturated rings. The Kier molecular flexibility index (Phi) is 4.04. The highest BCUT2D eigenvalue weighted by molar-refractivity contribution is 5.85.